The smallest absolute Gasteiger partial charge is 0.326 e. The van der Waals surface area contributed by atoms with E-state index >= 15 is 0 Å². The molecule has 1 aromatic carbocycles. The Labute approximate surface area is 158 Å². The van der Waals surface area contributed by atoms with Crippen molar-refractivity contribution in [1.82, 2.24) is 19.9 Å². The number of benzene rings is 1. The minimum Gasteiger partial charge on any atom is -0.493 e. The first kappa shape index (κ1) is 18.6. The molecule has 0 amide bonds. The van der Waals surface area contributed by atoms with E-state index in [2.05, 4.69) is 25.3 Å². The Bertz CT molecular complexity index is 963. The van der Waals surface area contributed by atoms with Crippen LogP contribution >= 0.6 is 11.8 Å². The molecule has 3 aromatic rings. The number of fused-ring (bicyclic) bond motifs is 1. The zero-order valence-electron chi connectivity index (χ0n) is 14.6. The molecule has 10 nitrogen and oxygen atoms in total. The Morgan fingerprint density at radius 3 is 2.81 bits per heavy atom. The molecule has 5 N–H and O–H groups in total. The SMILES string of the molecule is COc1ccc(N[C@H](CSc2nc(N)nc3nc[nH]c23)C(=O)O)cc1OC. The Morgan fingerprint density at radius 1 is 1.33 bits per heavy atom. The molecule has 0 aliphatic rings. The zero-order valence-corrected chi connectivity index (χ0v) is 15.4. The number of carbonyl (C=O) groups is 1. The molecule has 0 saturated carbocycles. The van der Waals surface area contributed by atoms with Crippen LogP contribution in [-0.4, -0.2) is 57.0 Å². The summed E-state index contributed by atoms with van der Waals surface area (Å²) in [5.41, 5.74) is 7.33. The van der Waals surface area contributed by atoms with Gasteiger partial charge >= 0.3 is 5.97 Å². The van der Waals surface area contributed by atoms with Crippen molar-refractivity contribution in [3.8, 4) is 11.5 Å². The molecule has 11 heteroatoms. The summed E-state index contributed by atoms with van der Waals surface area (Å²) < 4.78 is 10.4. The number of aromatic nitrogens is 4. The van der Waals surface area contributed by atoms with Crippen LogP contribution < -0.4 is 20.5 Å². The maximum absolute atomic E-state index is 11.7. The van der Waals surface area contributed by atoms with Gasteiger partial charge in [0.05, 0.1) is 20.5 Å². The molecule has 3 rings (SSSR count). The van der Waals surface area contributed by atoms with Gasteiger partial charge in [-0.05, 0) is 12.1 Å². The van der Waals surface area contributed by atoms with Gasteiger partial charge in [-0.1, -0.05) is 0 Å². The summed E-state index contributed by atoms with van der Waals surface area (Å²) in [7, 11) is 3.05. The van der Waals surface area contributed by atoms with E-state index in [9.17, 15) is 9.90 Å². The van der Waals surface area contributed by atoms with Crippen LogP contribution in [0.5, 0.6) is 11.5 Å². The molecule has 0 aliphatic heterocycles. The first-order chi connectivity index (χ1) is 13.0. The third-order valence-corrected chi connectivity index (χ3v) is 4.75. The van der Waals surface area contributed by atoms with Gasteiger partial charge in [0.25, 0.3) is 0 Å². The summed E-state index contributed by atoms with van der Waals surface area (Å²) in [4.78, 5) is 26.8. The second-order valence-electron chi connectivity index (χ2n) is 5.40. The minimum absolute atomic E-state index is 0.0804. The molecule has 2 aromatic heterocycles. The standard InChI is InChI=1S/C16H18N6O4S/c1-25-10-4-3-8(5-11(10)26-2)20-9(15(23)24)6-27-14-12-13(19-7-18-12)21-16(17)22-14/h3-5,7,9,20H,6H2,1-2H3,(H,23,24)(H3,17,18,19,21,22)/t9-/m1/s1. The van der Waals surface area contributed by atoms with Crippen LogP contribution in [0, 0.1) is 0 Å². The van der Waals surface area contributed by atoms with Crippen LogP contribution in [0.3, 0.4) is 0 Å². The normalized spacial score (nSPS) is 11.9. The number of aliphatic carboxylic acids is 1. The predicted molar refractivity (Wildman–Crippen MR) is 101 cm³/mol. The van der Waals surface area contributed by atoms with Crippen molar-refractivity contribution in [2.75, 3.05) is 31.0 Å². The number of imidazole rings is 1. The number of carboxylic acids is 1. The van der Waals surface area contributed by atoms with Gasteiger partial charge in [0.1, 0.15) is 16.6 Å². The molecule has 0 unspecified atom stereocenters. The second kappa shape index (κ2) is 7.99. The van der Waals surface area contributed by atoms with E-state index in [0.29, 0.717) is 33.4 Å². The third kappa shape index (κ3) is 4.14. The summed E-state index contributed by atoms with van der Waals surface area (Å²) in [6.45, 7) is 0. The minimum atomic E-state index is -1.000. The number of hydrogen-bond donors (Lipinski definition) is 4. The number of hydrogen-bond acceptors (Lipinski definition) is 9. The fourth-order valence-electron chi connectivity index (χ4n) is 2.39. The maximum atomic E-state index is 11.7. The van der Waals surface area contributed by atoms with Crippen molar-refractivity contribution < 1.29 is 19.4 Å². The van der Waals surface area contributed by atoms with Gasteiger partial charge in [-0.15, -0.1) is 11.8 Å². The number of nitrogens with two attached hydrogens (primary N) is 1. The van der Waals surface area contributed by atoms with Crippen LogP contribution in [0.2, 0.25) is 0 Å². The van der Waals surface area contributed by atoms with E-state index in [1.807, 2.05) is 0 Å². The molecule has 0 aliphatic carbocycles. The maximum Gasteiger partial charge on any atom is 0.326 e. The van der Waals surface area contributed by atoms with Crippen molar-refractivity contribution in [2.45, 2.75) is 11.1 Å². The van der Waals surface area contributed by atoms with E-state index in [1.165, 1.54) is 32.3 Å². The van der Waals surface area contributed by atoms with Crippen LogP contribution in [-0.2, 0) is 4.79 Å². The number of anilines is 2. The monoisotopic (exact) mass is 390 g/mol. The Kier molecular flexibility index (Phi) is 5.50. The number of H-pyrrole nitrogens is 1. The number of ether oxygens (including phenoxy) is 2. The fraction of sp³-hybridized carbons (Fsp3) is 0.250. The highest BCUT2D eigenvalue weighted by atomic mass is 32.2. The lowest BCUT2D eigenvalue weighted by atomic mass is 10.2. The number of thioether (sulfide) groups is 1. The van der Waals surface area contributed by atoms with Gasteiger partial charge in [-0.2, -0.15) is 4.98 Å². The third-order valence-electron chi connectivity index (χ3n) is 3.68. The number of nitrogens with one attached hydrogen (secondary N) is 2. The van der Waals surface area contributed by atoms with E-state index in [4.69, 9.17) is 15.2 Å². The number of carboxylic acid groups (broad SMARTS) is 1. The average Bonchev–Trinajstić information content (AvgIpc) is 3.12. The van der Waals surface area contributed by atoms with Crippen molar-refractivity contribution in [3.05, 3.63) is 24.5 Å². The molecule has 27 heavy (non-hydrogen) atoms. The average molecular weight is 390 g/mol. The lowest BCUT2D eigenvalue weighted by Gasteiger charge is -2.17. The van der Waals surface area contributed by atoms with Gasteiger partial charge in [-0.3, -0.25) is 0 Å². The molecule has 0 saturated heterocycles. The van der Waals surface area contributed by atoms with E-state index in [1.54, 1.807) is 18.2 Å². The summed E-state index contributed by atoms with van der Waals surface area (Å²) in [6.07, 6.45) is 1.49. The first-order valence-electron chi connectivity index (χ1n) is 7.82. The van der Waals surface area contributed by atoms with Gasteiger partial charge in [-0.25, -0.2) is 14.8 Å². The first-order valence-corrected chi connectivity index (χ1v) is 8.81. The lowest BCUT2D eigenvalue weighted by Crippen LogP contribution is -2.31. The van der Waals surface area contributed by atoms with E-state index < -0.39 is 12.0 Å². The Morgan fingerprint density at radius 2 is 2.11 bits per heavy atom. The number of rotatable bonds is 8. The van der Waals surface area contributed by atoms with Crippen molar-refractivity contribution in [1.29, 1.82) is 0 Å². The van der Waals surface area contributed by atoms with E-state index in [0.717, 1.165) is 0 Å². The molecule has 0 radical (unpaired) electrons. The molecule has 142 valence electrons. The number of nitrogens with zero attached hydrogens (tertiary/aromatic N) is 3. The molecular formula is C16H18N6O4S. The highest BCUT2D eigenvalue weighted by Crippen LogP contribution is 2.31. The summed E-state index contributed by atoms with van der Waals surface area (Å²) >= 11 is 1.24. The van der Waals surface area contributed by atoms with Crippen LogP contribution in [0.25, 0.3) is 11.2 Å². The quantitative estimate of drug-likeness (QED) is 0.330. The molecule has 0 fully saturated rings. The Hall–Kier alpha value is -3.21. The largest absolute Gasteiger partial charge is 0.493 e. The lowest BCUT2D eigenvalue weighted by molar-refractivity contribution is -0.137. The highest BCUT2D eigenvalue weighted by molar-refractivity contribution is 7.99. The summed E-state index contributed by atoms with van der Waals surface area (Å²) in [6, 6.07) is 4.22. The molecular weight excluding hydrogens is 372 g/mol. The number of nitrogen functional groups attached to an aromatic ring is 1. The van der Waals surface area contributed by atoms with Crippen molar-refractivity contribution in [2.24, 2.45) is 0 Å². The van der Waals surface area contributed by atoms with Crippen LogP contribution in [0.1, 0.15) is 0 Å². The molecule has 2 heterocycles. The van der Waals surface area contributed by atoms with Crippen LogP contribution in [0.15, 0.2) is 29.6 Å². The number of methoxy groups -OCH3 is 2. The topological polar surface area (TPSA) is 148 Å². The molecule has 1 atom stereocenters. The van der Waals surface area contributed by atoms with Gasteiger partial charge in [0, 0.05) is 17.5 Å². The molecule has 0 bridgehead atoms. The number of aromatic amines is 1. The van der Waals surface area contributed by atoms with E-state index in [-0.39, 0.29) is 11.7 Å². The Balaban J connectivity index is 1.76. The van der Waals surface area contributed by atoms with Crippen LogP contribution in [0.4, 0.5) is 11.6 Å². The van der Waals surface area contributed by atoms with Gasteiger partial charge in [0.2, 0.25) is 5.95 Å². The zero-order chi connectivity index (χ0) is 19.4. The van der Waals surface area contributed by atoms with Crippen molar-refractivity contribution >= 4 is 40.5 Å². The van der Waals surface area contributed by atoms with Gasteiger partial charge in [0.15, 0.2) is 17.1 Å². The fourth-order valence-corrected chi connectivity index (χ4v) is 3.39. The second-order valence-corrected chi connectivity index (χ2v) is 6.41. The highest BCUT2D eigenvalue weighted by Gasteiger charge is 2.20. The summed E-state index contributed by atoms with van der Waals surface area (Å²) in [5, 5.41) is 13.1. The van der Waals surface area contributed by atoms with Crippen molar-refractivity contribution in [3.63, 3.8) is 0 Å². The summed E-state index contributed by atoms with van der Waals surface area (Å²) in [5.74, 6) is 0.343. The van der Waals surface area contributed by atoms with Gasteiger partial charge < -0.3 is 30.6 Å². The predicted octanol–water partition coefficient (Wildman–Crippen LogP) is 1.61. The molecule has 0 spiro atoms.